The van der Waals surface area contributed by atoms with E-state index in [4.69, 9.17) is 5.11 Å². The van der Waals surface area contributed by atoms with Crippen molar-refractivity contribution in [2.75, 3.05) is 5.32 Å². The minimum atomic E-state index is -0.0630. The molecule has 88 valence electrons. The van der Waals surface area contributed by atoms with Crippen LogP contribution in [0.15, 0.2) is 24.3 Å². The second-order valence-electron chi connectivity index (χ2n) is 4.34. The molecule has 0 saturated heterocycles. The van der Waals surface area contributed by atoms with Crippen LogP contribution in [0.25, 0.3) is 0 Å². The van der Waals surface area contributed by atoms with E-state index in [1.165, 1.54) is 0 Å². The first-order valence-electron chi connectivity index (χ1n) is 5.56. The van der Waals surface area contributed by atoms with E-state index in [9.17, 15) is 4.79 Å². The normalized spacial score (nSPS) is 12.6. The lowest BCUT2D eigenvalue weighted by atomic mass is 9.97. The first kappa shape index (κ1) is 12.7. The molecule has 0 bridgehead atoms. The Morgan fingerprint density at radius 2 is 1.94 bits per heavy atom. The Balaban J connectivity index is 2.76. The standard InChI is InChI=1S/C13H19NO2/c1-9(2)10(3)13(16)14-12-7-5-4-6-11(12)8-15/h4-7,9-10,15H,8H2,1-3H3,(H,14,16). The van der Waals surface area contributed by atoms with Crippen molar-refractivity contribution in [3.8, 4) is 0 Å². The summed E-state index contributed by atoms with van der Waals surface area (Å²) in [4.78, 5) is 11.8. The summed E-state index contributed by atoms with van der Waals surface area (Å²) >= 11 is 0. The van der Waals surface area contributed by atoms with Crippen molar-refractivity contribution in [2.45, 2.75) is 27.4 Å². The number of aliphatic hydroxyl groups excluding tert-OH is 1. The van der Waals surface area contributed by atoms with Crippen LogP contribution < -0.4 is 5.32 Å². The molecule has 0 heterocycles. The highest BCUT2D eigenvalue weighted by Crippen LogP contribution is 2.18. The Morgan fingerprint density at radius 1 is 1.31 bits per heavy atom. The van der Waals surface area contributed by atoms with Gasteiger partial charge in [-0.2, -0.15) is 0 Å². The Labute approximate surface area is 96.5 Å². The molecule has 0 aliphatic carbocycles. The van der Waals surface area contributed by atoms with Gasteiger partial charge in [-0.25, -0.2) is 0 Å². The largest absolute Gasteiger partial charge is 0.392 e. The molecule has 1 unspecified atom stereocenters. The summed E-state index contributed by atoms with van der Waals surface area (Å²) in [6, 6.07) is 7.29. The maximum Gasteiger partial charge on any atom is 0.227 e. The van der Waals surface area contributed by atoms with E-state index < -0.39 is 0 Å². The molecule has 1 aromatic rings. The number of nitrogens with one attached hydrogen (secondary N) is 1. The first-order valence-corrected chi connectivity index (χ1v) is 5.56. The highest BCUT2D eigenvalue weighted by Gasteiger charge is 2.17. The molecule has 1 atom stereocenters. The molecular weight excluding hydrogens is 202 g/mol. The Hall–Kier alpha value is -1.35. The van der Waals surface area contributed by atoms with Crippen LogP contribution in [0.4, 0.5) is 5.69 Å². The monoisotopic (exact) mass is 221 g/mol. The zero-order valence-corrected chi connectivity index (χ0v) is 10.0. The van der Waals surface area contributed by atoms with Crippen molar-refractivity contribution in [2.24, 2.45) is 11.8 Å². The number of hydrogen-bond donors (Lipinski definition) is 2. The van der Waals surface area contributed by atoms with Crippen LogP contribution in [0.5, 0.6) is 0 Å². The summed E-state index contributed by atoms with van der Waals surface area (Å²) in [7, 11) is 0. The minimum Gasteiger partial charge on any atom is -0.392 e. The predicted molar refractivity (Wildman–Crippen MR) is 65.0 cm³/mol. The quantitative estimate of drug-likeness (QED) is 0.820. The van der Waals surface area contributed by atoms with Gasteiger partial charge < -0.3 is 10.4 Å². The second kappa shape index (κ2) is 5.66. The van der Waals surface area contributed by atoms with Gasteiger partial charge in [0.1, 0.15) is 0 Å². The molecule has 3 nitrogen and oxygen atoms in total. The van der Waals surface area contributed by atoms with Gasteiger partial charge in [0.05, 0.1) is 6.61 Å². The van der Waals surface area contributed by atoms with Crippen molar-refractivity contribution in [1.82, 2.24) is 0 Å². The summed E-state index contributed by atoms with van der Waals surface area (Å²) in [5.41, 5.74) is 1.44. The summed E-state index contributed by atoms with van der Waals surface area (Å²) in [6.45, 7) is 5.87. The van der Waals surface area contributed by atoms with Crippen LogP contribution in [0.3, 0.4) is 0 Å². The summed E-state index contributed by atoms with van der Waals surface area (Å²) in [5.74, 6) is 0.268. The Morgan fingerprint density at radius 3 is 2.50 bits per heavy atom. The molecular formula is C13H19NO2. The number of anilines is 1. The highest BCUT2D eigenvalue weighted by atomic mass is 16.3. The van der Waals surface area contributed by atoms with E-state index in [0.717, 1.165) is 5.56 Å². The lowest BCUT2D eigenvalue weighted by Gasteiger charge is -2.16. The Bertz CT molecular complexity index is 361. The molecule has 1 rings (SSSR count). The molecule has 1 aromatic carbocycles. The number of carbonyl (C=O) groups excluding carboxylic acids is 1. The van der Waals surface area contributed by atoms with Crippen LogP contribution in [0.2, 0.25) is 0 Å². The van der Waals surface area contributed by atoms with Gasteiger partial charge in [-0.15, -0.1) is 0 Å². The molecule has 2 N–H and O–H groups in total. The van der Waals surface area contributed by atoms with Crippen molar-refractivity contribution in [3.05, 3.63) is 29.8 Å². The molecule has 3 heteroatoms. The number of aliphatic hydroxyl groups is 1. The van der Waals surface area contributed by atoms with E-state index in [1.54, 1.807) is 12.1 Å². The van der Waals surface area contributed by atoms with Crippen molar-refractivity contribution in [3.63, 3.8) is 0 Å². The molecule has 0 spiro atoms. The van der Waals surface area contributed by atoms with Crippen LogP contribution >= 0.6 is 0 Å². The van der Waals surface area contributed by atoms with E-state index in [0.29, 0.717) is 11.6 Å². The van der Waals surface area contributed by atoms with E-state index in [-0.39, 0.29) is 18.4 Å². The maximum atomic E-state index is 11.8. The first-order chi connectivity index (χ1) is 7.56. The number of benzene rings is 1. The van der Waals surface area contributed by atoms with Crippen LogP contribution in [0.1, 0.15) is 26.3 Å². The summed E-state index contributed by atoms with van der Waals surface area (Å²) < 4.78 is 0. The average molecular weight is 221 g/mol. The number of hydrogen-bond acceptors (Lipinski definition) is 2. The topological polar surface area (TPSA) is 49.3 Å². The zero-order valence-electron chi connectivity index (χ0n) is 10.0. The van der Waals surface area contributed by atoms with Crippen LogP contribution in [-0.2, 0) is 11.4 Å². The van der Waals surface area contributed by atoms with E-state index >= 15 is 0 Å². The zero-order chi connectivity index (χ0) is 12.1. The number of para-hydroxylation sites is 1. The summed E-state index contributed by atoms with van der Waals surface area (Å²) in [6.07, 6.45) is 0. The third-order valence-electron chi connectivity index (χ3n) is 2.86. The fraction of sp³-hybridized carbons (Fsp3) is 0.462. The number of rotatable bonds is 4. The number of carbonyl (C=O) groups is 1. The summed E-state index contributed by atoms with van der Waals surface area (Å²) in [5, 5.41) is 12.0. The fourth-order valence-electron chi connectivity index (χ4n) is 1.33. The molecule has 0 aliphatic heterocycles. The molecule has 16 heavy (non-hydrogen) atoms. The van der Waals surface area contributed by atoms with Gasteiger partial charge >= 0.3 is 0 Å². The fourth-order valence-corrected chi connectivity index (χ4v) is 1.33. The van der Waals surface area contributed by atoms with Crippen LogP contribution in [0, 0.1) is 11.8 Å². The van der Waals surface area contributed by atoms with Crippen molar-refractivity contribution in [1.29, 1.82) is 0 Å². The van der Waals surface area contributed by atoms with Gasteiger partial charge in [-0.3, -0.25) is 4.79 Å². The maximum absolute atomic E-state index is 11.8. The molecule has 0 fully saturated rings. The third kappa shape index (κ3) is 3.07. The minimum absolute atomic E-state index is 0.00380. The number of amides is 1. The molecule has 0 saturated carbocycles. The second-order valence-corrected chi connectivity index (χ2v) is 4.34. The average Bonchev–Trinajstić information content (AvgIpc) is 2.28. The van der Waals surface area contributed by atoms with E-state index in [1.807, 2.05) is 32.9 Å². The van der Waals surface area contributed by atoms with Gasteiger partial charge in [0.2, 0.25) is 5.91 Å². The third-order valence-corrected chi connectivity index (χ3v) is 2.86. The van der Waals surface area contributed by atoms with Crippen molar-refractivity contribution >= 4 is 11.6 Å². The van der Waals surface area contributed by atoms with Gasteiger partial charge in [0.25, 0.3) is 0 Å². The Kier molecular flexibility index (Phi) is 4.50. The van der Waals surface area contributed by atoms with Gasteiger partial charge in [-0.05, 0) is 12.0 Å². The molecule has 0 aliphatic rings. The SMILES string of the molecule is CC(C)C(C)C(=O)Nc1ccccc1CO. The van der Waals surface area contributed by atoms with Crippen molar-refractivity contribution < 1.29 is 9.90 Å². The lowest BCUT2D eigenvalue weighted by molar-refractivity contribution is -0.120. The highest BCUT2D eigenvalue weighted by molar-refractivity contribution is 5.93. The molecule has 0 aromatic heterocycles. The molecule has 1 amide bonds. The molecule has 0 radical (unpaired) electrons. The lowest BCUT2D eigenvalue weighted by Crippen LogP contribution is -2.24. The van der Waals surface area contributed by atoms with Gasteiger partial charge in [0, 0.05) is 17.2 Å². The van der Waals surface area contributed by atoms with Gasteiger partial charge in [-0.1, -0.05) is 39.0 Å². The van der Waals surface area contributed by atoms with E-state index in [2.05, 4.69) is 5.32 Å². The van der Waals surface area contributed by atoms with Crippen LogP contribution in [-0.4, -0.2) is 11.0 Å². The smallest absolute Gasteiger partial charge is 0.227 e. The van der Waals surface area contributed by atoms with Gasteiger partial charge in [0.15, 0.2) is 0 Å². The predicted octanol–water partition coefficient (Wildman–Crippen LogP) is 2.41.